The van der Waals surface area contributed by atoms with Gasteiger partial charge in [0.25, 0.3) is 0 Å². The third kappa shape index (κ3) is 2.03. The van der Waals surface area contributed by atoms with Crippen molar-refractivity contribution < 1.29 is 0 Å². The minimum absolute atomic E-state index is 0.449. The lowest BCUT2D eigenvalue weighted by atomic mass is 9.99. The molecule has 0 saturated carbocycles. The number of rotatable bonds is 2. The van der Waals surface area contributed by atoms with Crippen molar-refractivity contribution in [1.29, 1.82) is 0 Å². The summed E-state index contributed by atoms with van der Waals surface area (Å²) in [5.74, 6) is 1.40. The average molecular weight is 231 g/mol. The van der Waals surface area contributed by atoms with Gasteiger partial charge < -0.3 is 11.1 Å². The van der Waals surface area contributed by atoms with Gasteiger partial charge in [0, 0.05) is 25.2 Å². The second kappa shape index (κ2) is 4.43. The summed E-state index contributed by atoms with van der Waals surface area (Å²) >= 11 is 0. The van der Waals surface area contributed by atoms with Gasteiger partial charge in [-0.05, 0) is 31.0 Å². The highest BCUT2D eigenvalue weighted by Crippen LogP contribution is 2.20. The van der Waals surface area contributed by atoms with E-state index in [1.165, 1.54) is 12.8 Å². The predicted molar refractivity (Wildman–Crippen MR) is 65.7 cm³/mol. The zero-order chi connectivity index (χ0) is 11.7. The molecule has 0 spiro atoms. The first-order valence-electron chi connectivity index (χ1n) is 6.13. The molecule has 0 amide bonds. The van der Waals surface area contributed by atoms with Crippen LogP contribution >= 0.6 is 0 Å². The van der Waals surface area contributed by atoms with E-state index in [0.717, 1.165) is 30.1 Å². The van der Waals surface area contributed by atoms with Crippen LogP contribution < -0.4 is 11.1 Å². The molecule has 1 aliphatic rings. The SMILES string of the molecule is NCc1ccc2nc(C3CCCNC3)nn2c1. The van der Waals surface area contributed by atoms with Gasteiger partial charge in [0.05, 0.1) is 0 Å². The van der Waals surface area contributed by atoms with Crippen molar-refractivity contribution in [3.63, 3.8) is 0 Å². The van der Waals surface area contributed by atoms with Crippen LogP contribution in [-0.4, -0.2) is 27.7 Å². The molecular weight excluding hydrogens is 214 g/mol. The summed E-state index contributed by atoms with van der Waals surface area (Å²) in [6.07, 6.45) is 4.34. The van der Waals surface area contributed by atoms with Crippen LogP contribution in [0.25, 0.3) is 5.65 Å². The lowest BCUT2D eigenvalue weighted by Crippen LogP contribution is -2.28. The van der Waals surface area contributed by atoms with Gasteiger partial charge in [0.2, 0.25) is 0 Å². The van der Waals surface area contributed by atoms with Crippen LogP contribution in [0.15, 0.2) is 18.3 Å². The van der Waals surface area contributed by atoms with Gasteiger partial charge in [-0.1, -0.05) is 6.07 Å². The Morgan fingerprint density at radius 1 is 1.47 bits per heavy atom. The summed E-state index contributed by atoms with van der Waals surface area (Å²) < 4.78 is 1.84. The number of hydrogen-bond acceptors (Lipinski definition) is 4. The molecule has 1 aliphatic heterocycles. The van der Waals surface area contributed by atoms with Crippen LogP contribution in [0.3, 0.4) is 0 Å². The van der Waals surface area contributed by atoms with Gasteiger partial charge in [0.15, 0.2) is 11.5 Å². The Kier molecular flexibility index (Phi) is 2.78. The van der Waals surface area contributed by atoms with Crippen molar-refractivity contribution in [2.45, 2.75) is 25.3 Å². The monoisotopic (exact) mass is 231 g/mol. The van der Waals surface area contributed by atoms with Gasteiger partial charge in [0.1, 0.15) is 0 Å². The van der Waals surface area contributed by atoms with Crippen LogP contribution in [0.1, 0.15) is 30.1 Å². The highest BCUT2D eigenvalue weighted by atomic mass is 15.3. The number of nitrogens with one attached hydrogen (secondary N) is 1. The number of nitrogens with two attached hydrogens (primary N) is 1. The van der Waals surface area contributed by atoms with Crippen LogP contribution in [0.4, 0.5) is 0 Å². The van der Waals surface area contributed by atoms with Gasteiger partial charge in [-0.2, -0.15) is 5.10 Å². The molecule has 2 aromatic heterocycles. The van der Waals surface area contributed by atoms with E-state index in [1.54, 1.807) is 0 Å². The van der Waals surface area contributed by atoms with E-state index in [0.29, 0.717) is 12.5 Å². The summed E-state index contributed by atoms with van der Waals surface area (Å²) in [6.45, 7) is 2.64. The minimum Gasteiger partial charge on any atom is -0.326 e. The van der Waals surface area contributed by atoms with E-state index in [1.807, 2.05) is 22.8 Å². The number of aromatic nitrogens is 3. The lowest BCUT2D eigenvalue weighted by molar-refractivity contribution is 0.447. The second-order valence-electron chi connectivity index (χ2n) is 4.56. The van der Waals surface area contributed by atoms with E-state index in [2.05, 4.69) is 15.4 Å². The molecule has 1 atom stereocenters. The summed E-state index contributed by atoms with van der Waals surface area (Å²) in [5.41, 5.74) is 7.60. The summed E-state index contributed by atoms with van der Waals surface area (Å²) in [7, 11) is 0. The quantitative estimate of drug-likeness (QED) is 0.796. The molecule has 5 nitrogen and oxygen atoms in total. The maximum atomic E-state index is 5.62. The standard InChI is InChI=1S/C12H17N5/c13-6-9-3-4-11-15-12(16-17(11)8-9)10-2-1-5-14-7-10/h3-4,8,10,14H,1-2,5-7,13H2. The van der Waals surface area contributed by atoms with E-state index in [4.69, 9.17) is 5.73 Å². The van der Waals surface area contributed by atoms with Gasteiger partial charge in [-0.3, -0.25) is 0 Å². The predicted octanol–water partition coefficient (Wildman–Crippen LogP) is 0.655. The molecule has 17 heavy (non-hydrogen) atoms. The van der Waals surface area contributed by atoms with Crippen molar-refractivity contribution in [2.24, 2.45) is 5.73 Å². The van der Waals surface area contributed by atoms with Crippen molar-refractivity contribution in [3.8, 4) is 0 Å². The molecule has 90 valence electrons. The Labute approximate surface area is 100 Å². The first kappa shape index (κ1) is 10.7. The van der Waals surface area contributed by atoms with Gasteiger partial charge >= 0.3 is 0 Å². The molecule has 1 saturated heterocycles. The zero-order valence-corrected chi connectivity index (χ0v) is 9.76. The van der Waals surface area contributed by atoms with Crippen molar-refractivity contribution in [1.82, 2.24) is 19.9 Å². The largest absolute Gasteiger partial charge is 0.326 e. The van der Waals surface area contributed by atoms with Crippen molar-refractivity contribution in [3.05, 3.63) is 29.7 Å². The molecule has 1 unspecified atom stereocenters. The number of fused-ring (bicyclic) bond motifs is 1. The fourth-order valence-electron chi connectivity index (χ4n) is 2.31. The average Bonchev–Trinajstić information content (AvgIpc) is 2.82. The van der Waals surface area contributed by atoms with E-state index in [-0.39, 0.29) is 0 Å². The third-order valence-corrected chi connectivity index (χ3v) is 3.31. The molecule has 0 bridgehead atoms. The Hall–Kier alpha value is -1.46. The molecule has 3 rings (SSSR count). The smallest absolute Gasteiger partial charge is 0.156 e. The first-order chi connectivity index (χ1) is 8.36. The van der Waals surface area contributed by atoms with Crippen molar-refractivity contribution in [2.75, 3.05) is 13.1 Å². The second-order valence-corrected chi connectivity index (χ2v) is 4.56. The summed E-state index contributed by atoms with van der Waals surface area (Å²) in [5, 5.41) is 7.95. The molecule has 3 heterocycles. The van der Waals surface area contributed by atoms with Crippen LogP contribution in [0.5, 0.6) is 0 Å². The Bertz CT molecular complexity index is 513. The van der Waals surface area contributed by atoms with E-state index in [9.17, 15) is 0 Å². The minimum atomic E-state index is 0.449. The van der Waals surface area contributed by atoms with Crippen molar-refractivity contribution >= 4 is 5.65 Å². The Morgan fingerprint density at radius 2 is 2.41 bits per heavy atom. The van der Waals surface area contributed by atoms with Gasteiger partial charge in [-0.25, -0.2) is 9.50 Å². The molecule has 1 fully saturated rings. The molecule has 0 aliphatic carbocycles. The first-order valence-corrected chi connectivity index (χ1v) is 6.13. The molecular formula is C12H17N5. The van der Waals surface area contributed by atoms with E-state index < -0.39 is 0 Å². The van der Waals surface area contributed by atoms with Crippen LogP contribution in [0, 0.1) is 0 Å². The lowest BCUT2D eigenvalue weighted by Gasteiger charge is -2.19. The number of pyridine rings is 1. The zero-order valence-electron chi connectivity index (χ0n) is 9.76. The molecule has 0 aromatic carbocycles. The summed E-state index contributed by atoms with van der Waals surface area (Å²) in [6, 6.07) is 3.99. The highest BCUT2D eigenvalue weighted by molar-refractivity contribution is 5.39. The number of nitrogens with zero attached hydrogens (tertiary/aromatic N) is 3. The maximum absolute atomic E-state index is 5.62. The molecule has 5 heteroatoms. The molecule has 0 radical (unpaired) electrons. The fourth-order valence-corrected chi connectivity index (χ4v) is 2.31. The third-order valence-electron chi connectivity index (χ3n) is 3.31. The van der Waals surface area contributed by atoms with E-state index >= 15 is 0 Å². The normalized spacial score (nSPS) is 20.9. The highest BCUT2D eigenvalue weighted by Gasteiger charge is 2.19. The Morgan fingerprint density at radius 3 is 3.18 bits per heavy atom. The maximum Gasteiger partial charge on any atom is 0.156 e. The van der Waals surface area contributed by atoms with Gasteiger partial charge in [-0.15, -0.1) is 0 Å². The topological polar surface area (TPSA) is 68.2 Å². The molecule has 2 aromatic rings. The number of piperidine rings is 1. The van der Waals surface area contributed by atoms with Crippen LogP contribution in [-0.2, 0) is 6.54 Å². The Balaban J connectivity index is 1.95. The summed E-state index contributed by atoms with van der Waals surface area (Å²) in [4.78, 5) is 4.58. The van der Waals surface area contributed by atoms with Crippen LogP contribution in [0.2, 0.25) is 0 Å². The fraction of sp³-hybridized carbons (Fsp3) is 0.500. The number of hydrogen-bond donors (Lipinski definition) is 2. The molecule has 3 N–H and O–H groups in total.